The van der Waals surface area contributed by atoms with E-state index in [1.165, 1.54) is 12.1 Å². The van der Waals surface area contributed by atoms with Crippen molar-refractivity contribution < 1.29 is 35.6 Å². The number of nitro benzene ring substituents is 1. The van der Waals surface area contributed by atoms with Gasteiger partial charge in [0.15, 0.2) is 0 Å². The number of hydrogen-bond acceptors (Lipinski definition) is 7. The third-order valence-corrected chi connectivity index (χ3v) is 6.49. The lowest BCUT2D eigenvalue weighted by Crippen LogP contribution is -2.41. The number of nitrogens with one attached hydrogen (secondary N) is 1. The summed E-state index contributed by atoms with van der Waals surface area (Å²) in [7, 11) is -5.73. The molecule has 0 bridgehead atoms. The number of hydrogen-bond donors (Lipinski definition) is 1. The van der Waals surface area contributed by atoms with E-state index in [1.54, 1.807) is 12.1 Å². The second kappa shape index (κ2) is 9.38. The Morgan fingerprint density at radius 1 is 1.12 bits per heavy atom. The predicted octanol–water partition coefficient (Wildman–Crippen LogP) is 3.51. The van der Waals surface area contributed by atoms with Gasteiger partial charge in [0.25, 0.3) is 15.5 Å². The number of nitro groups is 1. The molecule has 0 radical (unpaired) electrons. The number of anilines is 1. The first-order valence-electron chi connectivity index (χ1n) is 9.41. The van der Waals surface area contributed by atoms with Crippen LogP contribution in [0.3, 0.4) is 0 Å². The zero-order valence-electron chi connectivity index (χ0n) is 16.5. The number of morpholine rings is 1. The Kier molecular flexibility index (Phi) is 7.00. The molecule has 1 N–H and O–H groups in total. The van der Waals surface area contributed by atoms with Crippen molar-refractivity contribution >= 4 is 21.2 Å². The van der Waals surface area contributed by atoms with Crippen LogP contribution in [0, 0.1) is 15.9 Å². The van der Waals surface area contributed by atoms with E-state index in [1.807, 2.05) is 4.90 Å². The molecular formula is C19H19F4N3O5S. The van der Waals surface area contributed by atoms with Crippen LogP contribution in [0.2, 0.25) is 0 Å². The van der Waals surface area contributed by atoms with E-state index < -0.39 is 36.7 Å². The molecule has 0 spiro atoms. The molecule has 13 heteroatoms. The van der Waals surface area contributed by atoms with Crippen LogP contribution in [0.1, 0.15) is 11.6 Å². The van der Waals surface area contributed by atoms with Crippen LogP contribution >= 0.6 is 0 Å². The molecule has 1 aliphatic rings. The minimum absolute atomic E-state index is 0.0951. The zero-order valence-corrected chi connectivity index (χ0v) is 17.3. The average molecular weight is 477 g/mol. The van der Waals surface area contributed by atoms with E-state index in [4.69, 9.17) is 4.74 Å². The Bertz CT molecular complexity index is 1070. The predicted molar refractivity (Wildman–Crippen MR) is 106 cm³/mol. The topological polar surface area (TPSA) is 102 Å². The first-order valence-corrected chi connectivity index (χ1v) is 10.9. The first kappa shape index (κ1) is 23.9. The van der Waals surface area contributed by atoms with E-state index in [9.17, 15) is 36.1 Å². The Hall–Kier alpha value is -2.77. The molecule has 1 fully saturated rings. The summed E-state index contributed by atoms with van der Waals surface area (Å²) in [6, 6.07) is 7.33. The summed E-state index contributed by atoms with van der Waals surface area (Å²) in [4.78, 5) is 11.3. The number of halogens is 4. The second-order valence-electron chi connectivity index (χ2n) is 6.98. The summed E-state index contributed by atoms with van der Waals surface area (Å²) < 4.78 is 80.3. The zero-order chi connectivity index (χ0) is 23.5. The van der Waals surface area contributed by atoms with Gasteiger partial charge >= 0.3 is 5.51 Å². The molecule has 0 unspecified atom stereocenters. The fourth-order valence-electron chi connectivity index (χ4n) is 3.35. The first-order chi connectivity index (χ1) is 15.0. The lowest BCUT2D eigenvalue weighted by molar-refractivity contribution is -0.384. The third kappa shape index (κ3) is 5.16. The van der Waals surface area contributed by atoms with Crippen molar-refractivity contribution in [2.75, 3.05) is 38.2 Å². The summed E-state index contributed by atoms with van der Waals surface area (Å²) in [5, 5.41) is 14.3. The van der Waals surface area contributed by atoms with Crippen LogP contribution in [0.4, 0.5) is 28.9 Å². The number of nitrogens with zero attached hydrogens (tertiary/aromatic N) is 2. The third-order valence-electron chi connectivity index (χ3n) is 5.01. The van der Waals surface area contributed by atoms with Crippen LogP contribution in [0.15, 0.2) is 47.4 Å². The van der Waals surface area contributed by atoms with Crippen molar-refractivity contribution in [2.45, 2.75) is 16.4 Å². The van der Waals surface area contributed by atoms with Crippen molar-refractivity contribution in [3.05, 3.63) is 64.0 Å². The number of benzene rings is 2. The molecule has 0 aliphatic carbocycles. The molecule has 1 aliphatic heterocycles. The summed E-state index contributed by atoms with van der Waals surface area (Å²) in [6.07, 6.45) is 0. The maximum atomic E-state index is 13.3. The van der Waals surface area contributed by atoms with E-state index in [0.29, 0.717) is 38.4 Å². The molecule has 2 aromatic carbocycles. The van der Waals surface area contributed by atoms with Gasteiger partial charge in [-0.25, -0.2) is 12.8 Å². The van der Waals surface area contributed by atoms with E-state index >= 15 is 0 Å². The maximum absolute atomic E-state index is 13.3. The van der Waals surface area contributed by atoms with Gasteiger partial charge in [-0.1, -0.05) is 12.1 Å². The maximum Gasteiger partial charge on any atom is 0.501 e. The normalized spacial score (nSPS) is 16.5. The van der Waals surface area contributed by atoms with Crippen LogP contribution in [0.5, 0.6) is 0 Å². The number of rotatable bonds is 7. The highest BCUT2D eigenvalue weighted by molar-refractivity contribution is 7.92. The molecule has 1 atom stereocenters. The molecule has 0 saturated carbocycles. The van der Waals surface area contributed by atoms with Gasteiger partial charge in [0.05, 0.1) is 29.1 Å². The molecular weight excluding hydrogens is 458 g/mol. The van der Waals surface area contributed by atoms with Crippen LogP contribution < -0.4 is 5.32 Å². The van der Waals surface area contributed by atoms with Gasteiger partial charge in [0.2, 0.25) is 0 Å². The molecule has 2 aromatic rings. The Balaban J connectivity index is 1.90. The fraction of sp³-hybridized carbons (Fsp3) is 0.368. The van der Waals surface area contributed by atoms with Gasteiger partial charge < -0.3 is 10.1 Å². The highest BCUT2D eigenvalue weighted by Crippen LogP contribution is 2.35. The highest BCUT2D eigenvalue weighted by atomic mass is 32.2. The molecule has 3 rings (SSSR count). The molecule has 8 nitrogen and oxygen atoms in total. The smallest absolute Gasteiger partial charge is 0.379 e. The van der Waals surface area contributed by atoms with Gasteiger partial charge in [-0.05, 0) is 29.8 Å². The number of alkyl halides is 3. The van der Waals surface area contributed by atoms with Crippen LogP contribution in [0.25, 0.3) is 0 Å². The molecule has 1 saturated heterocycles. The summed E-state index contributed by atoms with van der Waals surface area (Å²) in [5.41, 5.74) is -5.81. The van der Waals surface area contributed by atoms with Crippen molar-refractivity contribution in [1.82, 2.24) is 4.90 Å². The Morgan fingerprint density at radius 3 is 2.31 bits per heavy atom. The molecule has 0 aromatic heterocycles. The van der Waals surface area contributed by atoms with Crippen molar-refractivity contribution in [3.63, 3.8) is 0 Å². The largest absolute Gasteiger partial charge is 0.501 e. The van der Waals surface area contributed by atoms with Gasteiger partial charge in [-0.15, -0.1) is 0 Å². The minimum atomic E-state index is -5.73. The second-order valence-corrected chi connectivity index (χ2v) is 8.92. The molecule has 32 heavy (non-hydrogen) atoms. The standard InChI is InChI=1S/C19H19F4N3O5S/c20-14-3-1-13(2-4-14)18(25-7-9-31-10-8-25)12-24-16-6-5-15(11-17(16)26(27)28)32(29,30)19(21,22)23/h1-6,11,18,24H,7-10,12H2/t18-/m1/s1. The van der Waals surface area contributed by atoms with E-state index in [-0.39, 0.29) is 18.3 Å². The van der Waals surface area contributed by atoms with E-state index in [0.717, 1.165) is 11.6 Å². The summed E-state index contributed by atoms with van der Waals surface area (Å²) >= 11 is 0. The summed E-state index contributed by atoms with van der Waals surface area (Å²) in [5.74, 6) is -0.431. The Labute approximate surface area is 180 Å². The van der Waals surface area contributed by atoms with Gasteiger partial charge in [-0.2, -0.15) is 13.2 Å². The van der Waals surface area contributed by atoms with Gasteiger partial charge in [-0.3, -0.25) is 15.0 Å². The Morgan fingerprint density at radius 2 is 1.75 bits per heavy atom. The van der Waals surface area contributed by atoms with Gasteiger partial charge in [0.1, 0.15) is 11.5 Å². The molecule has 1 heterocycles. The van der Waals surface area contributed by atoms with Crippen molar-refractivity contribution in [2.24, 2.45) is 0 Å². The SMILES string of the molecule is O=[N+]([O-])c1cc(S(=O)(=O)C(F)(F)F)ccc1NC[C@H](c1ccc(F)cc1)N1CCOCC1. The minimum Gasteiger partial charge on any atom is -0.379 e. The quantitative estimate of drug-likeness (QED) is 0.370. The lowest BCUT2D eigenvalue weighted by Gasteiger charge is -2.35. The molecule has 174 valence electrons. The van der Waals surface area contributed by atoms with Crippen molar-refractivity contribution in [1.29, 1.82) is 0 Å². The fourth-order valence-corrected chi connectivity index (χ4v) is 4.13. The van der Waals surface area contributed by atoms with Gasteiger partial charge in [0, 0.05) is 25.7 Å². The monoisotopic (exact) mass is 477 g/mol. The lowest BCUT2D eigenvalue weighted by atomic mass is 10.0. The average Bonchev–Trinajstić information content (AvgIpc) is 2.75. The summed E-state index contributed by atoms with van der Waals surface area (Å²) in [6.45, 7) is 2.12. The number of ether oxygens (including phenoxy) is 1. The highest BCUT2D eigenvalue weighted by Gasteiger charge is 2.47. The van der Waals surface area contributed by atoms with Crippen molar-refractivity contribution in [3.8, 4) is 0 Å². The molecule has 0 amide bonds. The van der Waals surface area contributed by atoms with Crippen LogP contribution in [-0.4, -0.2) is 56.6 Å². The van der Waals surface area contributed by atoms with Crippen LogP contribution in [-0.2, 0) is 14.6 Å². The number of sulfone groups is 1. The van der Waals surface area contributed by atoms with E-state index in [2.05, 4.69) is 5.32 Å².